The molecule has 1 amide bonds. The number of aliphatic hydroxyl groups excluding tert-OH is 1. The van der Waals surface area contributed by atoms with Gasteiger partial charge in [0.2, 0.25) is 0 Å². The Morgan fingerprint density at radius 2 is 1.79 bits per heavy atom. The van der Waals surface area contributed by atoms with E-state index in [1.165, 1.54) is 12.0 Å². The molecule has 0 bridgehead atoms. The maximum absolute atomic E-state index is 13.3. The number of methoxy groups -OCH3 is 1. The van der Waals surface area contributed by atoms with Crippen molar-refractivity contribution in [3.8, 4) is 23.0 Å². The van der Waals surface area contributed by atoms with E-state index in [1.54, 1.807) is 36.4 Å². The smallest absolute Gasteiger partial charge is 0.295 e. The number of ketones is 1. The number of rotatable bonds is 11. The fourth-order valence-electron chi connectivity index (χ4n) is 4.48. The molecule has 2 aromatic carbocycles. The number of likely N-dealkylation sites (tertiary alicyclic amines) is 1. The predicted octanol–water partition coefficient (Wildman–Crippen LogP) is 4.35. The Morgan fingerprint density at radius 1 is 1.03 bits per heavy atom. The Bertz CT molecular complexity index is 1210. The minimum Gasteiger partial charge on any atom is -0.507 e. The van der Waals surface area contributed by atoms with E-state index in [0.29, 0.717) is 66.5 Å². The van der Waals surface area contributed by atoms with Crippen LogP contribution in [0.4, 0.5) is 0 Å². The van der Waals surface area contributed by atoms with E-state index in [4.69, 9.17) is 23.7 Å². The summed E-state index contributed by atoms with van der Waals surface area (Å²) in [6.07, 6.45) is 0.889. The zero-order chi connectivity index (χ0) is 27.2. The van der Waals surface area contributed by atoms with Crippen LogP contribution in [-0.4, -0.2) is 68.4 Å². The summed E-state index contributed by atoms with van der Waals surface area (Å²) < 4.78 is 28.2. The number of amides is 1. The Labute approximate surface area is 222 Å². The SMILES string of the molecule is CCOc1cc([C@H]2/C(=C(\O)c3ccc4c(c3)OCCO4)C(=O)C(=O)N2CCOC)ccc1OCCC(C)C. The minimum absolute atomic E-state index is 0.0151. The molecular formula is C29H35NO8. The van der Waals surface area contributed by atoms with Crippen LogP contribution < -0.4 is 18.9 Å². The molecule has 0 aliphatic carbocycles. The molecule has 0 radical (unpaired) electrons. The van der Waals surface area contributed by atoms with Crippen molar-refractivity contribution in [1.29, 1.82) is 0 Å². The normalized spacial score (nSPS) is 18.2. The van der Waals surface area contributed by atoms with Gasteiger partial charge in [-0.3, -0.25) is 9.59 Å². The Kier molecular flexibility index (Phi) is 8.78. The van der Waals surface area contributed by atoms with E-state index in [-0.39, 0.29) is 24.5 Å². The average Bonchev–Trinajstić information content (AvgIpc) is 3.16. The van der Waals surface area contributed by atoms with Crippen molar-refractivity contribution in [3.05, 3.63) is 53.1 Å². The van der Waals surface area contributed by atoms with Crippen LogP contribution in [0.5, 0.6) is 23.0 Å². The third-order valence-electron chi connectivity index (χ3n) is 6.43. The van der Waals surface area contributed by atoms with E-state index in [1.807, 2.05) is 6.92 Å². The van der Waals surface area contributed by atoms with Gasteiger partial charge in [-0.1, -0.05) is 19.9 Å². The fourth-order valence-corrected chi connectivity index (χ4v) is 4.48. The first kappa shape index (κ1) is 27.3. The van der Waals surface area contributed by atoms with E-state index < -0.39 is 17.7 Å². The highest BCUT2D eigenvalue weighted by Crippen LogP contribution is 2.43. The second-order valence-electron chi connectivity index (χ2n) is 9.51. The van der Waals surface area contributed by atoms with Crippen LogP contribution in [0.3, 0.4) is 0 Å². The molecule has 0 saturated carbocycles. The molecule has 9 heteroatoms. The lowest BCUT2D eigenvalue weighted by Crippen LogP contribution is -2.32. The maximum Gasteiger partial charge on any atom is 0.295 e. The highest BCUT2D eigenvalue weighted by atomic mass is 16.6. The van der Waals surface area contributed by atoms with Crippen LogP contribution in [0.1, 0.15) is 44.4 Å². The molecule has 2 heterocycles. The molecular weight excluding hydrogens is 490 g/mol. The molecule has 9 nitrogen and oxygen atoms in total. The van der Waals surface area contributed by atoms with Gasteiger partial charge in [-0.05, 0) is 55.2 Å². The van der Waals surface area contributed by atoms with Crippen molar-refractivity contribution in [3.63, 3.8) is 0 Å². The summed E-state index contributed by atoms with van der Waals surface area (Å²) in [7, 11) is 1.53. The predicted molar refractivity (Wildman–Crippen MR) is 141 cm³/mol. The molecule has 1 fully saturated rings. The average molecular weight is 526 g/mol. The first-order chi connectivity index (χ1) is 18.3. The van der Waals surface area contributed by atoms with Crippen molar-refractivity contribution in [1.82, 2.24) is 4.90 Å². The number of fused-ring (bicyclic) bond motifs is 1. The summed E-state index contributed by atoms with van der Waals surface area (Å²) in [6.45, 7) is 8.27. The third-order valence-corrected chi connectivity index (χ3v) is 6.43. The number of hydrogen-bond acceptors (Lipinski definition) is 8. The fraction of sp³-hybridized carbons (Fsp3) is 0.448. The molecule has 1 N–H and O–H groups in total. The molecule has 1 atom stereocenters. The van der Waals surface area contributed by atoms with Crippen LogP contribution >= 0.6 is 0 Å². The quantitative estimate of drug-likeness (QED) is 0.262. The summed E-state index contributed by atoms with van der Waals surface area (Å²) in [6, 6.07) is 9.42. The number of hydrogen-bond donors (Lipinski definition) is 1. The Morgan fingerprint density at radius 3 is 2.50 bits per heavy atom. The lowest BCUT2D eigenvalue weighted by Gasteiger charge is -2.26. The third kappa shape index (κ3) is 5.72. The van der Waals surface area contributed by atoms with Gasteiger partial charge in [0, 0.05) is 19.2 Å². The van der Waals surface area contributed by atoms with Gasteiger partial charge < -0.3 is 33.7 Å². The number of carbonyl (C=O) groups excluding carboxylic acids is 2. The van der Waals surface area contributed by atoms with Crippen molar-refractivity contribution in [2.45, 2.75) is 33.2 Å². The highest BCUT2D eigenvalue weighted by Gasteiger charge is 2.46. The number of ether oxygens (including phenoxy) is 5. The van der Waals surface area contributed by atoms with Crippen molar-refractivity contribution in [2.24, 2.45) is 5.92 Å². The summed E-state index contributed by atoms with van der Waals surface area (Å²) in [5.41, 5.74) is 0.945. The van der Waals surface area contributed by atoms with Gasteiger partial charge >= 0.3 is 0 Å². The maximum atomic E-state index is 13.3. The van der Waals surface area contributed by atoms with Crippen molar-refractivity contribution >= 4 is 17.4 Å². The van der Waals surface area contributed by atoms with Gasteiger partial charge in [0.25, 0.3) is 11.7 Å². The van der Waals surface area contributed by atoms with Gasteiger partial charge in [-0.25, -0.2) is 0 Å². The number of benzene rings is 2. The van der Waals surface area contributed by atoms with Crippen LogP contribution in [0.2, 0.25) is 0 Å². The Balaban J connectivity index is 1.78. The molecule has 0 aromatic heterocycles. The summed E-state index contributed by atoms with van der Waals surface area (Å²) in [5, 5.41) is 11.4. The van der Waals surface area contributed by atoms with Crippen LogP contribution in [-0.2, 0) is 14.3 Å². The lowest BCUT2D eigenvalue weighted by molar-refractivity contribution is -0.140. The molecule has 38 heavy (non-hydrogen) atoms. The van der Waals surface area contributed by atoms with E-state index in [9.17, 15) is 14.7 Å². The largest absolute Gasteiger partial charge is 0.507 e. The summed E-state index contributed by atoms with van der Waals surface area (Å²) >= 11 is 0. The zero-order valence-electron chi connectivity index (χ0n) is 22.3. The summed E-state index contributed by atoms with van der Waals surface area (Å²) in [5.74, 6) is 0.829. The van der Waals surface area contributed by atoms with Crippen molar-refractivity contribution in [2.75, 3.05) is 46.7 Å². The first-order valence-electron chi connectivity index (χ1n) is 12.9. The molecule has 204 valence electrons. The van der Waals surface area contributed by atoms with Gasteiger partial charge in [-0.15, -0.1) is 0 Å². The number of nitrogens with zero attached hydrogens (tertiary/aromatic N) is 1. The number of Topliss-reactive ketones (excluding diaryl/α,β-unsaturated/α-hetero) is 1. The molecule has 2 aliphatic heterocycles. The zero-order valence-corrected chi connectivity index (χ0v) is 22.3. The topological polar surface area (TPSA) is 104 Å². The van der Waals surface area contributed by atoms with E-state index in [2.05, 4.69) is 13.8 Å². The minimum atomic E-state index is -0.845. The molecule has 2 aliphatic rings. The molecule has 0 spiro atoms. The van der Waals surface area contributed by atoms with Crippen LogP contribution in [0, 0.1) is 5.92 Å². The monoisotopic (exact) mass is 525 g/mol. The van der Waals surface area contributed by atoms with E-state index in [0.717, 1.165) is 6.42 Å². The molecule has 0 unspecified atom stereocenters. The molecule has 2 aromatic rings. The lowest BCUT2D eigenvalue weighted by atomic mass is 9.94. The van der Waals surface area contributed by atoms with Gasteiger partial charge in [0.1, 0.15) is 19.0 Å². The number of aliphatic hydroxyl groups is 1. The standard InChI is InChI=1S/C29H35NO8/c1-5-35-23-16-19(6-8-21(23)36-12-10-18(2)3)26-25(28(32)29(33)30(26)11-13-34-4)27(31)20-7-9-22-24(17-20)38-15-14-37-22/h6-9,16-18,26,31H,5,10-15H2,1-4H3/b27-25+/t26-/m0/s1. The van der Waals surface area contributed by atoms with Gasteiger partial charge in [-0.2, -0.15) is 0 Å². The highest BCUT2D eigenvalue weighted by molar-refractivity contribution is 6.46. The van der Waals surface area contributed by atoms with E-state index >= 15 is 0 Å². The van der Waals surface area contributed by atoms with Gasteiger partial charge in [0.05, 0.1) is 31.4 Å². The second-order valence-corrected chi connectivity index (χ2v) is 9.51. The second kappa shape index (κ2) is 12.2. The first-order valence-corrected chi connectivity index (χ1v) is 12.9. The van der Waals surface area contributed by atoms with Crippen LogP contribution in [0.25, 0.3) is 5.76 Å². The summed E-state index contributed by atoms with van der Waals surface area (Å²) in [4.78, 5) is 27.8. The van der Waals surface area contributed by atoms with Gasteiger partial charge in [0.15, 0.2) is 23.0 Å². The molecule has 4 rings (SSSR count). The molecule has 1 saturated heterocycles. The number of carbonyl (C=O) groups is 2. The Hall–Kier alpha value is -3.72. The van der Waals surface area contributed by atoms with Crippen LogP contribution in [0.15, 0.2) is 42.0 Å². The van der Waals surface area contributed by atoms with Crippen molar-refractivity contribution < 1.29 is 38.4 Å².